The summed E-state index contributed by atoms with van der Waals surface area (Å²) in [4.78, 5) is 18.6. The predicted octanol–water partition coefficient (Wildman–Crippen LogP) is 3.29. The van der Waals surface area contributed by atoms with Crippen molar-refractivity contribution in [2.24, 2.45) is 0 Å². The van der Waals surface area contributed by atoms with Gasteiger partial charge in [-0.3, -0.25) is 9.78 Å². The van der Waals surface area contributed by atoms with Gasteiger partial charge in [0.1, 0.15) is 0 Å². The summed E-state index contributed by atoms with van der Waals surface area (Å²) in [5.74, 6) is 0.0584. The monoisotopic (exact) mass is 311 g/mol. The number of hydrogen-bond acceptors (Lipinski definition) is 3. The van der Waals surface area contributed by atoms with Crippen LogP contribution in [0.25, 0.3) is 10.9 Å². The van der Waals surface area contributed by atoms with Crippen LogP contribution in [0, 0.1) is 0 Å². The van der Waals surface area contributed by atoms with E-state index in [0.717, 1.165) is 50.0 Å². The second kappa shape index (κ2) is 6.99. The van der Waals surface area contributed by atoms with E-state index in [-0.39, 0.29) is 11.9 Å². The highest BCUT2D eigenvalue weighted by molar-refractivity contribution is 5.92. The first kappa shape index (κ1) is 15.8. The van der Waals surface area contributed by atoms with Crippen LogP contribution in [0.5, 0.6) is 0 Å². The van der Waals surface area contributed by atoms with Gasteiger partial charge in [-0.25, -0.2) is 0 Å². The Morgan fingerprint density at radius 3 is 3.00 bits per heavy atom. The maximum Gasteiger partial charge on any atom is 0.217 e. The molecule has 0 bridgehead atoms. The SMILES string of the molecule is CCCc1cc(N2CCCC(NC(C)=O)C2)c2ccccc2n1. The molecular formula is C19H25N3O. The van der Waals surface area contributed by atoms with Crippen LogP contribution in [0.4, 0.5) is 5.69 Å². The second-order valence-corrected chi connectivity index (χ2v) is 6.39. The maximum atomic E-state index is 11.4. The molecule has 0 saturated carbocycles. The van der Waals surface area contributed by atoms with Gasteiger partial charge >= 0.3 is 0 Å². The zero-order valence-electron chi connectivity index (χ0n) is 14.0. The van der Waals surface area contributed by atoms with Crippen molar-refractivity contribution in [2.45, 2.75) is 45.6 Å². The molecule has 2 heterocycles. The average Bonchev–Trinajstić information content (AvgIpc) is 2.54. The fourth-order valence-corrected chi connectivity index (χ4v) is 3.46. The van der Waals surface area contributed by atoms with Gasteiger partial charge in [0.15, 0.2) is 0 Å². The molecule has 0 spiro atoms. The van der Waals surface area contributed by atoms with E-state index in [1.165, 1.54) is 11.1 Å². The Morgan fingerprint density at radius 1 is 1.39 bits per heavy atom. The van der Waals surface area contributed by atoms with Crippen LogP contribution in [-0.2, 0) is 11.2 Å². The molecule has 0 radical (unpaired) electrons. The molecule has 1 fully saturated rings. The van der Waals surface area contributed by atoms with Gasteiger partial charge in [-0.05, 0) is 31.4 Å². The number of carbonyl (C=O) groups excluding carboxylic acids is 1. The summed E-state index contributed by atoms with van der Waals surface area (Å²) in [6.45, 7) is 5.69. The quantitative estimate of drug-likeness (QED) is 0.942. The van der Waals surface area contributed by atoms with Crippen molar-refractivity contribution in [1.29, 1.82) is 0 Å². The summed E-state index contributed by atoms with van der Waals surface area (Å²) in [6, 6.07) is 10.8. The van der Waals surface area contributed by atoms with Gasteiger partial charge < -0.3 is 10.2 Å². The van der Waals surface area contributed by atoms with E-state index >= 15 is 0 Å². The van der Waals surface area contributed by atoms with E-state index in [4.69, 9.17) is 4.98 Å². The number of hydrogen-bond donors (Lipinski definition) is 1. The first-order valence-electron chi connectivity index (χ1n) is 8.58. The van der Waals surface area contributed by atoms with Gasteiger partial charge in [-0.1, -0.05) is 31.5 Å². The summed E-state index contributed by atoms with van der Waals surface area (Å²) in [5, 5.41) is 4.28. The summed E-state index contributed by atoms with van der Waals surface area (Å²) < 4.78 is 0. The van der Waals surface area contributed by atoms with Gasteiger partial charge in [0.05, 0.1) is 5.52 Å². The Labute approximate surface area is 137 Å². The number of amides is 1. The molecule has 1 aromatic heterocycles. The van der Waals surface area contributed by atoms with Crippen LogP contribution in [0.2, 0.25) is 0 Å². The summed E-state index contributed by atoms with van der Waals surface area (Å²) in [6.07, 6.45) is 4.26. The molecule has 1 amide bonds. The molecule has 1 unspecified atom stereocenters. The van der Waals surface area contributed by atoms with Crippen LogP contribution in [0.3, 0.4) is 0 Å². The van der Waals surface area contributed by atoms with Gasteiger partial charge in [-0.2, -0.15) is 0 Å². The molecule has 23 heavy (non-hydrogen) atoms. The topological polar surface area (TPSA) is 45.2 Å². The van der Waals surface area contributed by atoms with Gasteiger partial charge in [0, 0.05) is 42.8 Å². The lowest BCUT2D eigenvalue weighted by atomic mass is 10.0. The van der Waals surface area contributed by atoms with E-state index in [9.17, 15) is 4.79 Å². The highest BCUT2D eigenvalue weighted by atomic mass is 16.1. The largest absolute Gasteiger partial charge is 0.369 e. The molecule has 0 aliphatic carbocycles. The minimum Gasteiger partial charge on any atom is -0.369 e. The van der Waals surface area contributed by atoms with Crippen LogP contribution in [0.15, 0.2) is 30.3 Å². The molecule has 3 rings (SSSR count). The number of piperidine rings is 1. The first-order chi connectivity index (χ1) is 11.2. The zero-order valence-corrected chi connectivity index (χ0v) is 14.0. The van der Waals surface area contributed by atoms with E-state index < -0.39 is 0 Å². The molecule has 1 aromatic carbocycles. The van der Waals surface area contributed by atoms with E-state index in [1.807, 2.05) is 6.07 Å². The van der Waals surface area contributed by atoms with Crippen molar-refractivity contribution in [3.05, 3.63) is 36.0 Å². The maximum absolute atomic E-state index is 11.4. The summed E-state index contributed by atoms with van der Waals surface area (Å²) in [5.41, 5.74) is 3.48. The van der Waals surface area contributed by atoms with Gasteiger partial charge in [-0.15, -0.1) is 0 Å². The number of carbonyl (C=O) groups is 1. The third kappa shape index (κ3) is 3.63. The molecule has 1 atom stereocenters. The van der Waals surface area contributed by atoms with Crippen molar-refractivity contribution in [2.75, 3.05) is 18.0 Å². The zero-order chi connectivity index (χ0) is 16.2. The number of fused-ring (bicyclic) bond motifs is 1. The fraction of sp³-hybridized carbons (Fsp3) is 0.474. The van der Waals surface area contributed by atoms with Crippen molar-refractivity contribution in [3.63, 3.8) is 0 Å². The lowest BCUT2D eigenvalue weighted by Crippen LogP contribution is -2.47. The molecule has 4 nitrogen and oxygen atoms in total. The van der Waals surface area contributed by atoms with Crippen molar-refractivity contribution >= 4 is 22.5 Å². The van der Waals surface area contributed by atoms with Crippen LogP contribution >= 0.6 is 0 Å². The van der Waals surface area contributed by atoms with Crippen LogP contribution < -0.4 is 10.2 Å². The molecule has 1 N–H and O–H groups in total. The highest BCUT2D eigenvalue weighted by Crippen LogP contribution is 2.29. The summed E-state index contributed by atoms with van der Waals surface area (Å²) >= 11 is 0. The molecule has 1 saturated heterocycles. The third-order valence-corrected chi connectivity index (χ3v) is 4.42. The minimum atomic E-state index is 0.0584. The predicted molar refractivity (Wildman–Crippen MR) is 94.8 cm³/mol. The number of rotatable bonds is 4. The normalized spacial score (nSPS) is 18.2. The molecule has 1 aliphatic heterocycles. The fourth-order valence-electron chi connectivity index (χ4n) is 3.46. The number of pyridine rings is 1. The smallest absolute Gasteiger partial charge is 0.217 e. The lowest BCUT2D eigenvalue weighted by Gasteiger charge is -2.35. The van der Waals surface area contributed by atoms with E-state index in [1.54, 1.807) is 6.92 Å². The number of para-hydroxylation sites is 1. The number of anilines is 1. The minimum absolute atomic E-state index is 0.0584. The number of nitrogens with zero attached hydrogens (tertiary/aromatic N) is 2. The molecule has 4 heteroatoms. The number of aromatic nitrogens is 1. The van der Waals surface area contributed by atoms with Gasteiger partial charge in [0.2, 0.25) is 5.91 Å². The first-order valence-corrected chi connectivity index (χ1v) is 8.58. The van der Waals surface area contributed by atoms with E-state index in [2.05, 4.69) is 41.4 Å². The van der Waals surface area contributed by atoms with Crippen LogP contribution in [0.1, 0.15) is 38.8 Å². The van der Waals surface area contributed by atoms with Crippen molar-refractivity contribution in [3.8, 4) is 0 Å². The Kier molecular flexibility index (Phi) is 4.79. The molecule has 1 aliphatic rings. The molecule has 122 valence electrons. The number of aryl methyl sites for hydroxylation is 1. The Balaban J connectivity index is 1.95. The number of benzene rings is 1. The highest BCUT2D eigenvalue weighted by Gasteiger charge is 2.22. The Bertz CT molecular complexity index is 698. The average molecular weight is 311 g/mol. The van der Waals surface area contributed by atoms with Crippen molar-refractivity contribution in [1.82, 2.24) is 10.3 Å². The lowest BCUT2D eigenvalue weighted by molar-refractivity contribution is -0.119. The second-order valence-electron chi connectivity index (χ2n) is 6.39. The van der Waals surface area contributed by atoms with Crippen molar-refractivity contribution < 1.29 is 4.79 Å². The van der Waals surface area contributed by atoms with E-state index in [0.29, 0.717) is 0 Å². The molecule has 2 aromatic rings. The molecular weight excluding hydrogens is 286 g/mol. The summed E-state index contributed by atoms with van der Waals surface area (Å²) in [7, 11) is 0. The third-order valence-electron chi connectivity index (χ3n) is 4.42. The van der Waals surface area contributed by atoms with Crippen LogP contribution in [-0.4, -0.2) is 30.0 Å². The van der Waals surface area contributed by atoms with Gasteiger partial charge in [0.25, 0.3) is 0 Å². The number of nitrogens with one attached hydrogen (secondary N) is 1. The Morgan fingerprint density at radius 2 is 2.22 bits per heavy atom. The Hall–Kier alpha value is -2.10. The standard InChI is InChI=1S/C19H25N3O/c1-3-7-15-12-19(17-9-4-5-10-18(17)21-15)22-11-6-8-16(13-22)20-14(2)23/h4-5,9-10,12,16H,3,6-8,11,13H2,1-2H3,(H,20,23).